The Bertz CT molecular complexity index is 684. The number of carbonyl (C=O) groups excluding carboxylic acids is 1. The van der Waals surface area contributed by atoms with Crippen LogP contribution in [0.1, 0.15) is 38.1 Å². The number of non-ortho nitro benzene ring substituents is 1. The summed E-state index contributed by atoms with van der Waals surface area (Å²) in [6.07, 6.45) is 0. The van der Waals surface area contributed by atoms with Crippen molar-refractivity contribution >= 4 is 11.6 Å². The number of hydrogen-bond acceptors (Lipinski definition) is 7. The summed E-state index contributed by atoms with van der Waals surface area (Å²) < 4.78 is 23.0. The van der Waals surface area contributed by atoms with Crippen LogP contribution in [0.5, 0.6) is 0 Å². The highest BCUT2D eigenvalue weighted by molar-refractivity contribution is 5.95. The summed E-state index contributed by atoms with van der Waals surface area (Å²) in [5.41, 5.74) is 0.278. The lowest BCUT2D eigenvalue weighted by Crippen LogP contribution is -2.60. The van der Waals surface area contributed by atoms with Crippen LogP contribution in [0.2, 0.25) is 0 Å². The molecule has 0 saturated carbocycles. The van der Waals surface area contributed by atoms with E-state index in [9.17, 15) is 14.9 Å². The minimum absolute atomic E-state index is 0.0692. The fourth-order valence-corrected chi connectivity index (χ4v) is 3.19. The van der Waals surface area contributed by atoms with E-state index >= 15 is 0 Å². The third-order valence-corrected chi connectivity index (χ3v) is 4.84. The molecule has 154 valence electrons. The van der Waals surface area contributed by atoms with E-state index in [-0.39, 0.29) is 23.7 Å². The van der Waals surface area contributed by atoms with Crippen LogP contribution in [0.4, 0.5) is 5.69 Å². The second-order valence-corrected chi connectivity index (χ2v) is 7.87. The van der Waals surface area contributed by atoms with E-state index < -0.39 is 16.5 Å². The van der Waals surface area contributed by atoms with Gasteiger partial charge in [-0.2, -0.15) is 0 Å². The third kappa shape index (κ3) is 4.67. The van der Waals surface area contributed by atoms with E-state index in [1.54, 1.807) is 4.90 Å². The molecular formula is C19H26N2O7. The first-order valence-electron chi connectivity index (χ1n) is 9.21. The maximum absolute atomic E-state index is 13.3. The first-order chi connectivity index (χ1) is 13.1. The first-order valence-corrected chi connectivity index (χ1v) is 9.21. The molecule has 0 radical (unpaired) electrons. The Morgan fingerprint density at radius 3 is 1.68 bits per heavy atom. The lowest BCUT2D eigenvalue weighted by Gasteiger charge is -2.46. The molecule has 0 aromatic heterocycles. The standard InChI is InChI=1S/C19H26N2O7/c1-18(2)25-9-15(10-26-18)20(16-11-27-19(3,4)28-12-16)17(22)13-5-7-14(8-6-13)21(23)24/h5-8,15-16H,9-12H2,1-4H3. The Balaban J connectivity index is 1.83. The highest BCUT2D eigenvalue weighted by Gasteiger charge is 2.40. The molecule has 0 spiro atoms. The maximum Gasteiger partial charge on any atom is 0.269 e. The summed E-state index contributed by atoms with van der Waals surface area (Å²) in [5, 5.41) is 10.9. The maximum atomic E-state index is 13.3. The Labute approximate surface area is 163 Å². The molecule has 9 nitrogen and oxygen atoms in total. The molecule has 2 aliphatic rings. The van der Waals surface area contributed by atoms with Crippen molar-refractivity contribution in [3.05, 3.63) is 39.9 Å². The van der Waals surface area contributed by atoms with E-state index in [0.29, 0.717) is 32.0 Å². The smallest absolute Gasteiger partial charge is 0.269 e. The van der Waals surface area contributed by atoms with Gasteiger partial charge in [-0.15, -0.1) is 0 Å². The highest BCUT2D eigenvalue weighted by atomic mass is 16.7. The molecule has 2 aliphatic heterocycles. The van der Waals surface area contributed by atoms with Gasteiger partial charge < -0.3 is 23.8 Å². The van der Waals surface area contributed by atoms with Crippen molar-refractivity contribution in [3.63, 3.8) is 0 Å². The Hall–Kier alpha value is -2.07. The topological polar surface area (TPSA) is 100 Å². The highest BCUT2D eigenvalue weighted by Crippen LogP contribution is 2.27. The summed E-state index contributed by atoms with van der Waals surface area (Å²) in [5.74, 6) is -1.69. The van der Waals surface area contributed by atoms with Crippen LogP contribution in [0.15, 0.2) is 24.3 Å². The quantitative estimate of drug-likeness (QED) is 0.571. The SMILES string of the molecule is CC1(C)OCC(N(C(=O)c2ccc([N+](=O)[O-])cc2)C2COC(C)(C)OC2)CO1. The average molecular weight is 394 g/mol. The molecule has 28 heavy (non-hydrogen) atoms. The van der Waals surface area contributed by atoms with Crippen molar-refractivity contribution in [1.82, 2.24) is 4.90 Å². The van der Waals surface area contributed by atoms with Crippen molar-refractivity contribution in [2.45, 2.75) is 51.4 Å². The number of hydrogen-bond donors (Lipinski definition) is 0. The molecule has 9 heteroatoms. The van der Waals surface area contributed by atoms with Crippen LogP contribution in [0.3, 0.4) is 0 Å². The molecule has 0 unspecified atom stereocenters. The number of amides is 1. The number of nitro groups is 1. The van der Waals surface area contributed by atoms with Crippen molar-refractivity contribution < 1.29 is 28.7 Å². The van der Waals surface area contributed by atoms with Crippen molar-refractivity contribution in [3.8, 4) is 0 Å². The van der Waals surface area contributed by atoms with E-state index in [4.69, 9.17) is 18.9 Å². The molecule has 2 heterocycles. The largest absolute Gasteiger partial charge is 0.348 e. The predicted octanol–water partition coefficient (Wildman–Crippen LogP) is 2.34. The molecule has 0 atom stereocenters. The summed E-state index contributed by atoms with van der Waals surface area (Å²) in [6.45, 7) is 8.53. The Morgan fingerprint density at radius 2 is 1.32 bits per heavy atom. The van der Waals surface area contributed by atoms with Gasteiger partial charge in [-0.3, -0.25) is 14.9 Å². The van der Waals surface area contributed by atoms with Crippen LogP contribution in [0, 0.1) is 10.1 Å². The minimum atomic E-state index is -0.708. The van der Waals surface area contributed by atoms with Gasteiger partial charge in [0.05, 0.1) is 43.4 Å². The fraction of sp³-hybridized carbons (Fsp3) is 0.632. The molecule has 1 amide bonds. The van der Waals surface area contributed by atoms with Crippen molar-refractivity contribution in [1.29, 1.82) is 0 Å². The summed E-state index contributed by atoms with van der Waals surface area (Å²) >= 11 is 0. The van der Waals surface area contributed by atoms with Gasteiger partial charge in [0.2, 0.25) is 0 Å². The summed E-state index contributed by atoms with van der Waals surface area (Å²) in [6, 6.07) is 4.90. The zero-order valence-electron chi connectivity index (χ0n) is 16.5. The lowest BCUT2D eigenvalue weighted by atomic mass is 10.1. The van der Waals surface area contributed by atoms with Crippen LogP contribution >= 0.6 is 0 Å². The van der Waals surface area contributed by atoms with Gasteiger partial charge in [-0.1, -0.05) is 0 Å². The normalized spacial score (nSPS) is 22.6. The average Bonchev–Trinajstić information content (AvgIpc) is 2.64. The zero-order chi connectivity index (χ0) is 20.5. The van der Waals surface area contributed by atoms with E-state index in [2.05, 4.69) is 0 Å². The molecule has 3 rings (SSSR count). The van der Waals surface area contributed by atoms with Gasteiger partial charge in [0.1, 0.15) is 0 Å². The number of rotatable bonds is 4. The molecule has 0 N–H and O–H groups in total. The number of nitrogens with zero attached hydrogens (tertiary/aromatic N) is 2. The van der Waals surface area contributed by atoms with Gasteiger partial charge in [0, 0.05) is 17.7 Å². The predicted molar refractivity (Wildman–Crippen MR) is 98.8 cm³/mol. The number of ether oxygens (including phenoxy) is 4. The summed E-state index contributed by atoms with van der Waals surface area (Å²) in [4.78, 5) is 25.3. The number of carbonyl (C=O) groups is 1. The lowest BCUT2D eigenvalue weighted by molar-refractivity contribution is -0.384. The van der Waals surface area contributed by atoms with Gasteiger partial charge in [0.25, 0.3) is 11.6 Å². The Morgan fingerprint density at radius 1 is 0.929 bits per heavy atom. The second kappa shape index (κ2) is 7.75. The van der Waals surface area contributed by atoms with Gasteiger partial charge in [0.15, 0.2) is 11.6 Å². The second-order valence-electron chi connectivity index (χ2n) is 7.87. The molecule has 0 bridgehead atoms. The zero-order valence-corrected chi connectivity index (χ0v) is 16.5. The molecule has 0 aliphatic carbocycles. The van der Waals surface area contributed by atoms with Gasteiger partial charge >= 0.3 is 0 Å². The van der Waals surface area contributed by atoms with Gasteiger partial charge in [-0.05, 0) is 39.8 Å². The van der Waals surface area contributed by atoms with Crippen molar-refractivity contribution in [2.75, 3.05) is 26.4 Å². The van der Waals surface area contributed by atoms with Crippen molar-refractivity contribution in [2.24, 2.45) is 0 Å². The summed E-state index contributed by atoms with van der Waals surface area (Å²) in [7, 11) is 0. The first kappa shape index (κ1) is 20.7. The number of nitro benzene ring substituents is 1. The van der Waals surface area contributed by atoms with Crippen LogP contribution in [0.25, 0.3) is 0 Å². The van der Waals surface area contributed by atoms with Crippen LogP contribution in [-0.2, 0) is 18.9 Å². The van der Waals surface area contributed by atoms with E-state index in [1.807, 2.05) is 27.7 Å². The van der Waals surface area contributed by atoms with E-state index in [0.717, 1.165) is 0 Å². The molecule has 1 aromatic rings. The van der Waals surface area contributed by atoms with E-state index in [1.165, 1.54) is 24.3 Å². The molecule has 2 fully saturated rings. The van der Waals surface area contributed by atoms with Crippen LogP contribution < -0.4 is 0 Å². The third-order valence-electron chi connectivity index (χ3n) is 4.84. The fourth-order valence-electron chi connectivity index (χ4n) is 3.19. The van der Waals surface area contributed by atoms with Gasteiger partial charge in [-0.25, -0.2) is 0 Å². The number of benzene rings is 1. The monoisotopic (exact) mass is 394 g/mol. The Kier molecular flexibility index (Phi) is 5.72. The molecule has 2 saturated heterocycles. The van der Waals surface area contributed by atoms with Crippen LogP contribution in [-0.4, -0.2) is 65.8 Å². The molecule has 1 aromatic carbocycles. The minimum Gasteiger partial charge on any atom is -0.348 e. The molecular weight excluding hydrogens is 368 g/mol.